The lowest BCUT2D eigenvalue weighted by Crippen LogP contribution is -2.36. The third kappa shape index (κ3) is 4.96. The zero-order valence-corrected chi connectivity index (χ0v) is 11.4. The molecule has 0 saturated carbocycles. The van der Waals surface area contributed by atoms with E-state index >= 15 is 0 Å². The Hall–Kier alpha value is -1.46. The molecule has 0 aliphatic carbocycles. The SMILES string of the molecule is C=C=O.O=C(O)CCCC[C@@H]1SC[C@@H]2NC(=O)N[C@@H]21. The van der Waals surface area contributed by atoms with Crippen molar-refractivity contribution in [2.24, 2.45) is 0 Å². The molecule has 2 saturated heterocycles. The van der Waals surface area contributed by atoms with E-state index in [9.17, 15) is 9.59 Å². The first-order valence-electron chi connectivity index (χ1n) is 6.13. The highest BCUT2D eigenvalue weighted by atomic mass is 32.2. The first-order chi connectivity index (χ1) is 9.08. The predicted molar refractivity (Wildman–Crippen MR) is 72.9 cm³/mol. The Bertz CT molecular complexity index is 369. The molecule has 2 aliphatic rings. The van der Waals surface area contributed by atoms with E-state index in [1.54, 1.807) is 0 Å². The third-order valence-electron chi connectivity index (χ3n) is 3.07. The molecule has 3 N–H and O–H groups in total. The Labute approximate surface area is 116 Å². The van der Waals surface area contributed by atoms with E-state index in [2.05, 4.69) is 17.2 Å². The molecule has 2 fully saturated rings. The van der Waals surface area contributed by atoms with Crippen LogP contribution in [0.25, 0.3) is 0 Å². The molecule has 7 heteroatoms. The van der Waals surface area contributed by atoms with E-state index in [1.807, 2.05) is 11.8 Å². The number of carboxylic acid groups (broad SMARTS) is 1. The molecular formula is C12H18N2O4S. The van der Waals surface area contributed by atoms with Crippen molar-refractivity contribution >= 4 is 29.7 Å². The third-order valence-corrected chi connectivity index (χ3v) is 4.58. The molecule has 0 aromatic carbocycles. The summed E-state index contributed by atoms with van der Waals surface area (Å²) in [5.74, 6) is 1.49. The first kappa shape index (κ1) is 15.6. The second-order valence-corrected chi connectivity index (χ2v) is 5.68. The van der Waals surface area contributed by atoms with E-state index in [4.69, 9.17) is 9.90 Å². The number of carboxylic acids is 1. The summed E-state index contributed by atoms with van der Waals surface area (Å²) in [6.45, 7) is 2.68. The fourth-order valence-corrected chi connectivity index (χ4v) is 3.81. The van der Waals surface area contributed by atoms with Gasteiger partial charge in [-0.2, -0.15) is 11.8 Å². The molecule has 0 aromatic heterocycles. The van der Waals surface area contributed by atoms with Gasteiger partial charge in [-0.3, -0.25) is 4.79 Å². The molecule has 19 heavy (non-hydrogen) atoms. The van der Waals surface area contributed by atoms with Crippen LogP contribution in [0.15, 0.2) is 6.58 Å². The van der Waals surface area contributed by atoms with E-state index in [-0.39, 0.29) is 24.5 Å². The number of hydrogen-bond acceptors (Lipinski definition) is 4. The zero-order valence-electron chi connectivity index (χ0n) is 10.6. The largest absolute Gasteiger partial charge is 0.481 e. The number of urea groups is 1. The Morgan fingerprint density at radius 1 is 1.47 bits per heavy atom. The van der Waals surface area contributed by atoms with Gasteiger partial charge in [0.1, 0.15) is 5.94 Å². The van der Waals surface area contributed by atoms with Crippen molar-refractivity contribution < 1.29 is 19.5 Å². The Morgan fingerprint density at radius 3 is 2.79 bits per heavy atom. The van der Waals surface area contributed by atoms with Crippen LogP contribution in [0.4, 0.5) is 4.79 Å². The van der Waals surface area contributed by atoms with Gasteiger partial charge in [0.05, 0.1) is 12.1 Å². The molecule has 2 aliphatic heterocycles. The summed E-state index contributed by atoms with van der Waals surface area (Å²) in [5.41, 5.74) is 0. The van der Waals surface area contributed by atoms with Crippen LogP contribution in [0.2, 0.25) is 0 Å². The van der Waals surface area contributed by atoms with Crippen molar-refractivity contribution in [2.45, 2.75) is 43.0 Å². The molecule has 2 rings (SSSR count). The summed E-state index contributed by atoms with van der Waals surface area (Å²) in [6, 6.07) is 0.440. The standard InChI is InChI=1S/C10H16N2O3S.C2H2O/c13-8(14)4-2-1-3-7-9-6(5-16-7)11-10(15)12-9;1-2-3/h6-7,9H,1-5H2,(H,13,14)(H2,11,12,15);1H2/t6-,7-,9-;/m0./s1. The maximum absolute atomic E-state index is 11.1. The van der Waals surface area contributed by atoms with Crippen molar-refractivity contribution in [1.29, 1.82) is 0 Å². The Balaban J connectivity index is 0.000000550. The smallest absolute Gasteiger partial charge is 0.315 e. The Kier molecular flexibility index (Phi) is 6.45. The highest BCUT2D eigenvalue weighted by molar-refractivity contribution is 8.00. The molecule has 0 spiro atoms. The van der Waals surface area contributed by atoms with Crippen molar-refractivity contribution in [3.05, 3.63) is 6.58 Å². The van der Waals surface area contributed by atoms with Crippen LogP contribution in [-0.2, 0) is 9.59 Å². The molecular weight excluding hydrogens is 268 g/mol. The average Bonchev–Trinajstić information content (AvgIpc) is 2.85. The van der Waals surface area contributed by atoms with Gasteiger partial charge in [0.2, 0.25) is 0 Å². The van der Waals surface area contributed by atoms with Gasteiger partial charge < -0.3 is 15.7 Å². The molecule has 2 heterocycles. The number of unbranched alkanes of at least 4 members (excludes halogenated alkanes) is 1. The number of carbonyl (C=O) groups excluding carboxylic acids is 2. The van der Waals surface area contributed by atoms with Crippen LogP contribution in [0.1, 0.15) is 25.7 Å². The van der Waals surface area contributed by atoms with Gasteiger partial charge in [0.15, 0.2) is 0 Å². The summed E-state index contributed by atoms with van der Waals surface area (Å²) in [5, 5.41) is 14.8. The number of nitrogens with one attached hydrogen (secondary N) is 2. The molecule has 6 nitrogen and oxygen atoms in total. The number of thioether (sulfide) groups is 1. The second kappa shape index (κ2) is 7.86. The number of rotatable bonds is 5. The maximum Gasteiger partial charge on any atom is 0.315 e. The van der Waals surface area contributed by atoms with Crippen LogP contribution >= 0.6 is 11.8 Å². The van der Waals surface area contributed by atoms with Crippen LogP contribution < -0.4 is 10.6 Å². The second-order valence-electron chi connectivity index (χ2n) is 4.41. The van der Waals surface area contributed by atoms with E-state index in [0.29, 0.717) is 5.25 Å². The molecule has 106 valence electrons. The van der Waals surface area contributed by atoms with Gasteiger partial charge in [-0.15, -0.1) is 0 Å². The van der Waals surface area contributed by atoms with Gasteiger partial charge in [-0.05, 0) is 19.4 Å². The number of amides is 2. The van der Waals surface area contributed by atoms with Gasteiger partial charge >= 0.3 is 12.0 Å². The molecule has 0 radical (unpaired) electrons. The van der Waals surface area contributed by atoms with Crippen molar-refractivity contribution in [2.75, 3.05) is 5.75 Å². The Morgan fingerprint density at radius 2 is 2.16 bits per heavy atom. The van der Waals surface area contributed by atoms with Crippen LogP contribution in [0.5, 0.6) is 0 Å². The lowest BCUT2D eigenvalue weighted by molar-refractivity contribution is -0.137. The lowest BCUT2D eigenvalue weighted by atomic mass is 10.0. The minimum Gasteiger partial charge on any atom is -0.481 e. The number of fused-ring (bicyclic) bond motifs is 1. The maximum atomic E-state index is 11.1. The molecule has 2 amide bonds. The van der Waals surface area contributed by atoms with Crippen molar-refractivity contribution in [1.82, 2.24) is 10.6 Å². The van der Waals surface area contributed by atoms with Crippen LogP contribution in [-0.4, -0.2) is 46.1 Å². The predicted octanol–water partition coefficient (Wildman–Crippen LogP) is 0.801. The summed E-state index contributed by atoms with van der Waals surface area (Å²) < 4.78 is 0. The molecule has 0 aromatic rings. The number of aliphatic carboxylic acids is 1. The fraction of sp³-hybridized carbons (Fsp3) is 0.667. The monoisotopic (exact) mass is 286 g/mol. The first-order valence-corrected chi connectivity index (χ1v) is 7.18. The van der Waals surface area contributed by atoms with Crippen molar-refractivity contribution in [3.8, 4) is 0 Å². The summed E-state index contributed by atoms with van der Waals surface area (Å²) in [6.07, 6.45) is 2.88. The van der Waals surface area contributed by atoms with Gasteiger partial charge in [-0.1, -0.05) is 6.42 Å². The molecule has 3 atom stereocenters. The minimum absolute atomic E-state index is 0.0640. The van der Waals surface area contributed by atoms with Crippen LogP contribution in [0.3, 0.4) is 0 Å². The number of carbonyl (C=O) groups is 2. The molecule has 0 bridgehead atoms. The van der Waals surface area contributed by atoms with Gasteiger partial charge in [-0.25, -0.2) is 9.59 Å². The summed E-state index contributed by atoms with van der Waals surface area (Å²) in [4.78, 5) is 30.0. The highest BCUT2D eigenvalue weighted by Gasteiger charge is 2.42. The van der Waals surface area contributed by atoms with Crippen LogP contribution in [0, 0.1) is 0 Å². The topological polar surface area (TPSA) is 95.5 Å². The highest BCUT2D eigenvalue weighted by Crippen LogP contribution is 2.33. The summed E-state index contributed by atoms with van der Waals surface area (Å²) >= 11 is 1.87. The lowest BCUT2D eigenvalue weighted by Gasteiger charge is -2.16. The van der Waals surface area contributed by atoms with Crippen molar-refractivity contribution in [3.63, 3.8) is 0 Å². The van der Waals surface area contributed by atoms with Gasteiger partial charge in [0, 0.05) is 17.4 Å². The van der Waals surface area contributed by atoms with Gasteiger partial charge in [0.25, 0.3) is 0 Å². The normalized spacial score (nSPS) is 27.4. The zero-order chi connectivity index (χ0) is 14.3. The minimum atomic E-state index is -0.729. The average molecular weight is 286 g/mol. The fourth-order valence-electron chi connectivity index (χ4n) is 2.26. The quantitative estimate of drug-likeness (QED) is 0.395. The summed E-state index contributed by atoms with van der Waals surface area (Å²) in [7, 11) is 0. The molecule has 0 unspecified atom stereocenters. The van der Waals surface area contributed by atoms with E-state index in [1.165, 1.54) is 5.94 Å². The van der Waals surface area contributed by atoms with E-state index < -0.39 is 5.97 Å². The number of hydrogen-bond donors (Lipinski definition) is 3. The van der Waals surface area contributed by atoms with E-state index in [0.717, 1.165) is 25.0 Å².